The van der Waals surface area contributed by atoms with Gasteiger partial charge >= 0.3 is 5.97 Å². The van der Waals surface area contributed by atoms with Gasteiger partial charge in [0.1, 0.15) is 0 Å². The Kier molecular flexibility index (Phi) is 5.05. The van der Waals surface area contributed by atoms with Crippen LogP contribution in [0.4, 0.5) is 5.69 Å². The molecule has 0 aliphatic rings. The van der Waals surface area contributed by atoms with Gasteiger partial charge in [0.15, 0.2) is 0 Å². The molecular weight excluding hydrogens is 234 g/mol. The van der Waals surface area contributed by atoms with Crippen LogP contribution < -0.4 is 0 Å². The minimum Gasteiger partial charge on any atom is -0.478 e. The summed E-state index contributed by atoms with van der Waals surface area (Å²) in [6, 6.07) is 6.42. The number of nitrogens with zero attached hydrogens (tertiary/aromatic N) is 1. The second-order valence-electron chi connectivity index (χ2n) is 4.01. The Morgan fingerprint density at radius 3 is 2.50 bits per heavy atom. The van der Waals surface area contributed by atoms with Crippen molar-refractivity contribution < 1.29 is 14.8 Å². The van der Waals surface area contributed by atoms with Crippen LogP contribution in [0.5, 0.6) is 0 Å². The highest BCUT2D eigenvalue weighted by molar-refractivity contribution is 5.85. The molecule has 18 heavy (non-hydrogen) atoms. The molecular formula is C13H15NO4. The van der Waals surface area contributed by atoms with Crippen molar-refractivity contribution in [3.05, 3.63) is 51.6 Å². The molecule has 0 saturated carbocycles. The predicted molar refractivity (Wildman–Crippen MR) is 67.4 cm³/mol. The van der Waals surface area contributed by atoms with Gasteiger partial charge in [0.25, 0.3) is 5.69 Å². The largest absolute Gasteiger partial charge is 0.478 e. The van der Waals surface area contributed by atoms with Gasteiger partial charge in [-0.15, -0.1) is 0 Å². The maximum atomic E-state index is 10.5. The van der Waals surface area contributed by atoms with Crippen LogP contribution >= 0.6 is 0 Å². The van der Waals surface area contributed by atoms with E-state index in [4.69, 9.17) is 5.11 Å². The maximum Gasteiger partial charge on any atom is 0.330 e. The number of carboxylic acids is 1. The van der Waals surface area contributed by atoms with Gasteiger partial charge in [-0.2, -0.15) is 0 Å². The molecule has 0 aliphatic carbocycles. The van der Waals surface area contributed by atoms with E-state index >= 15 is 0 Å². The van der Waals surface area contributed by atoms with E-state index in [1.165, 1.54) is 12.1 Å². The summed E-state index contributed by atoms with van der Waals surface area (Å²) in [7, 11) is 0. The second-order valence-corrected chi connectivity index (χ2v) is 4.01. The molecule has 0 heterocycles. The first kappa shape index (κ1) is 13.9. The number of aliphatic carboxylic acids is 1. The van der Waals surface area contributed by atoms with Crippen LogP contribution in [0.1, 0.15) is 25.3 Å². The van der Waals surface area contributed by atoms with E-state index < -0.39 is 10.9 Å². The molecule has 1 rings (SSSR count). The molecule has 1 N–H and O–H groups in total. The van der Waals surface area contributed by atoms with E-state index in [0.717, 1.165) is 18.4 Å². The van der Waals surface area contributed by atoms with E-state index in [1.807, 2.05) is 0 Å². The number of unbranched alkanes of at least 4 members (excludes halogenated alkanes) is 1. The number of aryl methyl sites for hydroxylation is 1. The maximum absolute atomic E-state index is 10.5. The zero-order valence-corrected chi connectivity index (χ0v) is 10.1. The number of hydrogen-bond donors (Lipinski definition) is 1. The van der Waals surface area contributed by atoms with E-state index in [9.17, 15) is 14.9 Å². The van der Waals surface area contributed by atoms with Gasteiger partial charge in [-0.3, -0.25) is 10.1 Å². The highest BCUT2D eigenvalue weighted by Crippen LogP contribution is 2.13. The fourth-order valence-electron chi connectivity index (χ4n) is 1.50. The molecule has 0 aromatic heterocycles. The van der Waals surface area contributed by atoms with Crippen molar-refractivity contribution in [1.29, 1.82) is 0 Å². The number of nitro groups is 1. The molecule has 1 aromatic carbocycles. The Hall–Kier alpha value is -2.17. The minimum absolute atomic E-state index is 0.0837. The van der Waals surface area contributed by atoms with Crippen molar-refractivity contribution >= 4 is 11.7 Å². The summed E-state index contributed by atoms with van der Waals surface area (Å²) in [4.78, 5) is 20.6. The Morgan fingerprint density at radius 1 is 1.39 bits per heavy atom. The Balaban J connectivity index is 2.43. The lowest BCUT2D eigenvalue weighted by Gasteiger charge is -1.99. The number of rotatable bonds is 6. The normalized spacial score (nSPS) is 11.3. The fraction of sp³-hybridized carbons (Fsp3) is 0.308. The minimum atomic E-state index is -0.898. The quantitative estimate of drug-likeness (QED) is 0.364. The Bertz CT molecular complexity index is 462. The average molecular weight is 249 g/mol. The Morgan fingerprint density at radius 2 is 2.00 bits per heavy atom. The summed E-state index contributed by atoms with van der Waals surface area (Å²) in [6.07, 6.45) is 3.98. The number of carbonyl (C=O) groups is 1. The highest BCUT2D eigenvalue weighted by Gasteiger charge is 2.03. The molecule has 0 radical (unpaired) electrons. The van der Waals surface area contributed by atoms with Gasteiger partial charge in [-0.05, 0) is 31.7 Å². The van der Waals surface area contributed by atoms with E-state index in [2.05, 4.69) is 0 Å². The second kappa shape index (κ2) is 6.54. The third-order valence-corrected chi connectivity index (χ3v) is 2.60. The standard InChI is InChI=1S/C13H15NO4/c1-10(13(15)16)4-2-3-5-11-6-8-12(9-7-11)14(17)18/h4,6-9H,2-3,5H2,1H3,(H,15,16). The van der Waals surface area contributed by atoms with Crippen LogP contribution in [0.15, 0.2) is 35.9 Å². The molecule has 96 valence electrons. The Labute approximate surface area is 105 Å². The van der Waals surface area contributed by atoms with E-state index in [0.29, 0.717) is 12.0 Å². The van der Waals surface area contributed by atoms with Crippen molar-refractivity contribution in [3.63, 3.8) is 0 Å². The van der Waals surface area contributed by atoms with Crippen LogP contribution in [0, 0.1) is 10.1 Å². The molecule has 0 spiro atoms. The smallest absolute Gasteiger partial charge is 0.330 e. The van der Waals surface area contributed by atoms with Gasteiger partial charge in [-0.25, -0.2) is 4.79 Å². The third-order valence-electron chi connectivity index (χ3n) is 2.60. The van der Waals surface area contributed by atoms with Gasteiger partial charge in [0.2, 0.25) is 0 Å². The number of nitro benzene ring substituents is 1. The first-order chi connectivity index (χ1) is 8.50. The molecule has 1 aromatic rings. The number of non-ortho nitro benzene ring substituents is 1. The zero-order valence-electron chi connectivity index (χ0n) is 10.1. The summed E-state index contributed by atoms with van der Waals surface area (Å²) >= 11 is 0. The molecule has 0 atom stereocenters. The summed E-state index contributed by atoms with van der Waals surface area (Å²) in [5.41, 5.74) is 1.45. The fourth-order valence-corrected chi connectivity index (χ4v) is 1.50. The van der Waals surface area contributed by atoms with E-state index in [1.54, 1.807) is 25.1 Å². The molecule has 0 saturated heterocycles. The van der Waals surface area contributed by atoms with Gasteiger partial charge < -0.3 is 5.11 Å². The molecule has 5 nitrogen and oxygen atoms in total. The van der Waals surface area contributed by atoms with Crippen LogP contribution in [-0.4, -0.2) is 16.0 Å². The number of carboxylic acid groups (broad SMARTS) is 1. The lowest BCUT2D eigenvalue weighted by atomic mass is 10.1. The summed E-state index contributed by atoms with van der Waals surface area (Å²) in [5.74, 6) is -0.898. The topological polar surface area (TPSA) is 80.4 Å². The van der Waals surface area contributed by atoms with Crippen molar-refractivity contribution in [2.75, 3.05) is 0 Å². The molecule has 0 unspecified atom stereocenters. The summed E-state index contributed by atoms with van der Waals surface area (Å²) < 4.78 is 0. The van der Waals surface area contributed by atoms with Crippen molar-refractivity contribution in [2.24, 2.45) is 0 Å². The first-order valence-electron chi connectivity index (χ1n) is 5.64. The summed E-state index contributed by atoms with van der Waals surface area (Å²) in [5, 5.41) is 19.1. The molecule has 5 heteroatoms. The van der Waals surface area contributed by atoms with Crippen LogP contribution in [-0.2, 0) is 11.2 Å². The van der Waals surface area contributed by atoms with E-state index in [-0.39, 0.29) is 5.69 Å². The third kappa shape index (κ3) is 4.37. The monoisotopic (exact) mass is 249 g/mol. The highest BCUT2D eigenvalue weighted by atomic mass is 16.6. The zero-order chi connectivity index (χ0) is 13.5. The van der Waals surface area contributed by atoms with Crippen LogP contribution in [0.2, 0.25) is 0 Å². The van der Waals surface area contributed by atoms with Crippen LogP contribution in [0.25, 0.3) is 0 Å². The number of allylic oxidation sites excluding steroid dienone is 1. The lowest BCUT2D eigenvalue weighted by Crippen LogP contribution is -1.95. The van der Waals surface area contributed by atoms with Crippen molar-refractivity contribution in [3.8, 4) is 0 Å². The molecule has 0 aliphatic heterocycles. The average Bonchev–Trinajstić information content (AvgIpc) is 2.34. The number of hydrogen-bond acceptors (Lipinski definition) is 3. The first-order valence-corrected chi connectivity index (χ1v) is 5.64. The predicted octanol–water partition coefficient (Wildman–Crippen LogP) is 2.95. The van der Waals surface area contributed by atoms with Gasteiger partial charge in [0.05, 0.1) is 4.92 Å². The summed E-state index contributed by atoms with van der Waals surface area (Å²) in [6.45, 7) is 1.56. The van der Waals surface area contributed by atoms with Crippen molar-refractivity contribution in [2.45, 2.75) is 26.2 Å². The lowest BCUT2D eigenvalue weighted by molar-refractivity contribution is -0.384. The van der Waals surface area contributed by atoms with Gasteiger partial charge in [-0.1, -0.05) is 18.2 Å². The molecule has 0 bridgehead atoms. The molecule has 0 fully saturated rings. The van der Waals surface area contributed by atoms with Crippen molar-refractivity contribution in [1.82, 2.24) is 0 Å². The van der Waals surface area contributed by atoms with Crippen LogP contribution in [0.3, 0.4) is 0 Å². The number of benzene rings is 1. The molecule has 0 amide bonds. The SMILES string of the molecule is CC(=CCCCc1ccc([N+](=O)[O-])cc1)C(=O)O. The van der Waals surface area contributed by atoms with Gasteiger partial charge in [0, 0.05) is 17.7 Å².